The van der Waals surface area contributed by atoms with Crippen molar-refractivity contribution in [1.29, 1.82) is 0 Å². The van der Waals surface area contributed by atoms with Gasteiger partial charge in [-0.2, -0.15) is 0 Å². The number of aromatic nitrogens is 3. The summed E-state index contributed by atoms with van der Waals surface area (Å²) in [6.45, 7) is 5.39. The molecule has 150 valence electrons. The molecule has 1 aromatic carbocycles. The van der Waals surface area contributed by atoms with Crippen LogP contribution >= 0.6 is 0 Å². The average molecular weight is 394 g/mol. The third-order valence-electron chi connectivity index (χ3n) is 5.12. The SMILES string of the molecule is CCN1Cc2cc(NC(=O)c3cnc4cc(=O)[nH]n4c3C)ccc2NCCC1=O. The lowest BCUT2D eigenvalue weighted by molar-refractivity contribution is -0.131. The van der Waals surface area contributed by atoms with Gasteiger partial charge in [-0.25, -0.2) is 9.50 Å². The van der Waals surface area contributed by atoms with Crippen LogP contribution in [0.1, 0.15) is 35.0 Å². The van der Waals surface area contributed by atoms with Crippen molar-refractivity contribution < 1.29 is 9.59 Å². The first-order chi connectivity index (χ1) is 14.0. The second-order valence-corrected chi connectivity index (χ2v) is 6.98. The second kappa shape index (κ2) is 7.42. The average Bonchev–Trinajstić information content (AvgIpc) is 3.07. The first-order valence-corrected chi connectivity index (χ1v) is 9.49. The third kappa shape index (κ3) is 3.58. The van der Waals surface area contributed by atoms with E-state index in [-0.39, 0.29) is 17.4 Å². The van der Waals surface area contributed by atoms with E-state index in [0.29, 0.717) is 48.6 Å². The van der Waals surface area contributed by atoms with E-state index in [4.69, 9.17) is 0 Å². The monoisotopic (exact) mass is 394 g/mol. The normalized spacial score (nSPS) is 14.1. The van der Waals surface area contributed by atoms with Crippen molar-refractivity contribution >= 4 is 28.8 Å². The Morgan fingerprint density at radius 1 is 1.28 bits per heavy atom. The number of hydrogen-bond acceptors (Lipinski definition) is 5. The van der Waals surface area contributed by atoms with Crippen LogP contribution in [0.2, 0.25) is 0 Å². The van der Waals surface area contributed by atoms with Gasteiger partial charge in [0.25, 0.3) is 11.5 Å². The van der Waals surface area contributed by atoms with Gasteiger partial charge in [0.1, 0.15) is 0 Å². The Morgan fingerprint density at radius 3 is 2.90 bits per heavy atom. The molecule has 3 aromatic rings. The van der Waals surface area contributed by atoms with Gasteiger partial charge in [-0.3, -0.25) is 19.5 Å². The summed E-state index contributed by atoms with van der Waals surface area (Å²) >= 11 is 0. The summed E-state index contributed by atoms with van der Waals surface area (Å²) < 4.78 is 1.49. The van der Waals surface area contributed by atoms with Crippen LogP contribution in [0.5, 0.6) is 0 Å². The van der Waals surface area contributed by atoms with E-state index < -0.39 is 0 Å². The van der Waals surface area contributed by atoms with Gasteiger partial charge in [-0.1, -0.05) is 0 Å². The Morgan fingerprint density at radius 2 is 2.10 bits per heavy atom. The molecule has 3 N–H and O–H groups in total. The quantitative estimate of drug-likeness (QED) is 0.627. The maximum absolute atomic E-state index is 12.8. The number of nitrogens with zero attached hydrogens (tertiary/aromatic N) is 3. The molecule has 29 heavy (non-hydrogen) atoms. The number of H-pyrrole nitrogens is 1. The molecule has 0 saturated heterocycles. The highest BCUT2D eigenvalue weighted by molar-refractivity contribution is 6.05. The molecule has 4 rings (SSSR count). The fraction of sp³-hybridized carbons (Fsp3) is 0.300. The fourth-order valence-corrected chi connectivity index (χ4v) is 3.52. The molecule has 0 atom stereocenters. The van der Waals surface area contributed by atoms with Gasteiger partial charge in [-0.05, 0) is 37.6 Å². The third-order valence-corrected chi connectivity index (χ3v) is 5.12. The summed E-state index contributed by atoms with van der Waals surface area (Å²) in [4.78, 5) is 42.5. The molecule has 1 aliphatic rings. The number of amides is 2. The van der Waals surface area contributed by atoms with Crippen molar-refractivity contribution in [2.75, 3.05) is 23.7 Å². The van der Waals surface area contributed by atoms with Crippen molar-refractivity contribution in [1.82, 2.24) is 19.5 Å². The zero-order valence-corrected chi connectivity index (χ0v) is 16.3. The molecule has 2 amide bonds. The number of hydrogen-bond donors (Lipinski definition) is 3. The summed E-state index contributed by atoms with van der Waals surface area (Å²) in [5, 5.41) is 8.79. The second-order valence-electron chi connectivity index (χ2n) is 6.98. The van der Waals surface area contributed by atoms with Crippen LogP contribution in [0, 0.1) is 6.92 Å². The van der Waals surface area contributed by atoms with Crippen LogP contribution in [0.15, 0.2) is 35.3 Å². The van der Waals surface area contributed by atoms with Crippen LogP contribution in [0.4, 0.5) is 11.4 Å². The van der Waals surface area contributed by atoms with Crippen LogP contribution < -0.4 is 16.2 Å². The molecule has 0 saturated carbocycles. The van der Waals surface area contributed by atoms with Crippen molar-refractivity contribution in [3.05, 3.63) is 57.6 Å². The van der Waals surface area contributed by atoms with Crippen molar-refractivity contribution in [2.24, 2.45) is 0 Å². The number of aryl methyl sites for hydroxylation is 1. The zero-order valence-electron chi connectivity index (χ0n) is 16.3. The van der Waals surface area contributed by atoms with Crippen molar-refractivity contribution in [2.45, 2.75) is 26.8 Å². The molecule has 0 unspecified atom stereocenters. The van der Waals surface area contributed by atoms with Crippen molar-refractivity contribution in [3.8, 4) is 0 Å². The molecule has 0 bridgehead atoms. The molecule has 0 radical (unpaired) electrons. The van der Waals surface area contributed by atoms with E-state index in [2.05, 4.69) is 20.7 Å². The Bertz CT molecular complexity index is 1160. The molecule has 0 aliphatic carbocycles. The number of nitrogens with one attached hydrogen (secondary N) is 3. The minimum absolute atomic E-state index is 0.107. The summed E-state index contributed by atoms with van der Waals surface area (Å²) in [7, 11) is 0. The lowest BCUT2D eigenvalue weighted by Gasteiger charge is -2.26. The summed E-state index contributed by atoms with van der Waals surface area (Å²) in [5.74, 6) is -0.218. The highest BCUT2D eigenvalue weighted by Crippen LogP contribution is 2.25. The number of fused-ring (bicyclic) bond motifs is 2. The van der Waals surface area contributed by atoms with Gasteiger partial charge in [0.2, 0.25) is 5.91 Å². The van der Waals surface area contributed by atoms with E-state index in [0.717, 1.165) is 11.3 Å². The Labute approximate surface area is 166 Å². The number of benzene rings is 1. The lowest BCUT2D eigenvalue weighted by Crippen LogP contribution is -2.33. The summed E-state index contributed by atoms with van der Waals surface area (Å²) in [6.07, 6.45) is 1.92. The molecular formula is C20H22N6O3. The molecule has 0 spiro atoms. The van der Waals surface area contributed by atoms with E-state index in [1.54, 1.807) is 11.8 Å². The predicted octanol–water partition coefficient (Wildman–Crippen LogP) is 1.75. The smallest absolute Gasteiger partial charge is 0.266 e. The van der Waals surface area contributed by atoms with E-state index in [9.17, 15) is 14.4 Å². The van der Waals surface area contributed by atoms with Crippen LogP contribution in [0.3, 0.4) is 0 Å². The maximum Gasteiger partial charge on any atom is 0.266 e. The van der Waals surface area contributed by atoms with Crippen LogP contribution in [-0.2, 0) is 11.3 Å². The lowest BCUT2D eigenvalue weighted by atomic mass is 10.1. The van der Waals surface area contributed by atoms with E-state index in [1.165, 1.54) is 16.8 Å². The molecule has 1 aliphatic heterocycles. The van der Waals surface area contributed by atoms with Gasteiger partial charge in [0, 0.05) is 49.7 Å². The Balaban J connectivity index is 1.61. The van der Waals surface area contributed by atoms with Gasteiger partial charge in [-0.15, -0.1) is 0 Å². The van der Waals surface area contributed by atoms with Crippen molar-refractivity contribution in [3.63, 3.8) is 0 Å². The molecule has 2 aromatic heterocycles. The standard InChI is InChI=1S/C20H22N6O3/c1-3-25-11-13-8-14(4-5-16(13)21-7-6-19(25)28)23-20(29)15-10-22-17-9-18(27)24-26(17)12(15)2/h4-5,8-10,21H,3,6-7,11H2,1-2H3,(H,23,29)(H,24,27). The number of carbonyl (C=O) groups excluding carboxylic acids is 2. The first-order valence-electron chi connectivity index (χ1n) is 9.49. The first kappa shape index (κ1) is 18.7. The topological polar surface area (TPSA) is 112 Å². The highest BCUT2D eigenvalue weighted by atomic mass is 16.2. The number of rotatable bonds is 3. The van der Waals surface area contributed by atoms with Gasteiger partial charge >= 0.3 is 0 Å². The molecule has 3 heterocycles. The van der Waals surface area contributed by atoms with E-state index >= 15 is 0 Å². The summed E-state index contributed by atoms with van der Waals surface area (Å²) in [5.41, 5.74) is 3.66. The molecular weight excluding hydrogens is 372 g/mol. The Kier molecular flexibility index (Phi) is 4.79. The van der Waals surface area contributed by atoms with Crippen LogP contribution in [-0.4, -0.2) is 44.4 Å². The summed E-state index contributed by atoms with van der Waals surface area (Å²) in [6, 6.07) is 6.98. The molecule has 9 heteroatoms. The van der Waals surface area contributed by atoms with Gasteiger partial charge in [0.05, 0.1) is 11.3 Å². The Hall–Kier alpha value is -3.62. The van der Waals surface area contributed by atoms with Crippen LogP contribution in [0.25, 0.3) is 5.65 Å². The predicted molar refractivity (Wildman–Crippen MR) is 109 cm³/mol. The fourth-order valence-electron chi connectivity index (χ4n) is 3.52. The van der Waals surface area contributed by atoms with E-state index in [1.807, 2.05) is 25.1 Å². The highest BCUT2D eigenvalue weighted by Gasteiger charge is 2.19. The minimum atomic E-state index is -0.325. The molecule has 9 nitrogen and oxygen atoms in total. The van der Waals surface area contributed by atoms with Gasteiger partial charge in [0.15, 0.2) is 5.65 Å². The number of aromatic amines is 1. The number of anilines is 2. The number of carbonyl (C=O) groups is 2. The van der Waals surface area contributed by atoms with Gasteiger partial charge < -0.3 is 15.5 Å². The zero-order chi connectivity index (χ0) is 20.5. The largest absolute Gasteiger partial charge is 0.384 e. The maximum atomic E-state index is 12.8. The minimum Gasteiger partial charge on any atom is -0.384 e. The molecule has 0 fully saturated rings.